The van der Waals surface area contributed by atoms with Crippen molar-refractivity contribution < 1.29 is 17.9 Å². The minimum atomic E-state index is -4.54. The smallest absolute Gasteiger partial charge is 0.435 e. The van der Waals surface area contributed by atoms with Crippen LogP contribution in [0.25, 0.3) is 10.9 Å². The molecule has 0 saturated heterocycles. The van der Waals surface area contributed by atoms with Gasteiger partial charge in [0.2, 0.25) is 0 Å². The van der Waals surface area contributed by atoms with Crippen LogP contribution >= 0.6 is 0 Å². The summed E-state index contributed by atoms with van der Waals surface area (Å²) in [5, 5.41) is 14.7. The van der Waals surface area contributed by atoms with Gasteiger partial charge in [-0.3, -0.25) is 10.1 Å². The summed E-state index contributed by atoms with van der Waals surface area (Å²) in [5.41, 5.74) is 1.50. The standard InChI is InChI=1S/C18H13F3N4O/c19-18(20,21)17-13-7-12(4-5-14(13)24-25-17)26-15-3-1-2-11-6-10(8-22)9-23-16(11)15/h4-7,9,15H,1-3H2,(H,24,25). The summed E-state index contributed by atoms with van der Waals surface area (Å²) in [6.07, 6.45) is -1.04. The second kappa shape index (κ2) is 6.02. The van der Waals surface area contributed by atoms with Gasteiger partial charge in [0.1, 0.15) is 17.9 Å². The van der Waals surface area contributed by atoms with Gasteiger partial charge in [0.15, 0.2) is 5.69 Å². The molecule has 1 N–H and O–H groups in total. The van der Waals surface area contributed by atoms with Crippen molar-refractivity contribution in [3.63, 3.8) is 0 Å². The zero-order valence-corrected chi connectivity index (χ0v) is 13.5. The first-order valence-corrected chi connectivity index (χ1v) is 8.06. The number of H-pyrrole nitrogens is 1. The number of nitriles is 1. The maximum Gasteiger partial charge on any atom is 0.435 e. The minimum Gasteiger partial charge on any atom is -0.484 e. The molecule has 0 amide bonds. The summed E-state index contributed by atoms with van der Waals surface area (Å²) in [4.78, 5) is 4.33. The molecule has 1 aromatic carbocycles. The van der Waals surface area contributed by atoms with Crippen LogP contribution in [0.4, 0.5) is 13.2 Å². The van der Waals surface area contributed by atoms with Crippen molar-refractivity contribution in [2.24, 2.45) is 0 Å². The molecule has 5 nitrogen and oxygen atoms in total. The first-order valence-electron chi connectivity index (χ1n) is 8.06. The van der Waals surface area contributed by atoms with E-state index in [4.69, 9.17) is 10.00 Å². The molecule has 0 aliphatic heterocycles. The van der Waals surface area contributed by atoms with E-state index < -0.39 is 11.9 Å². The molecule has 4 rings (SSSR count). The number of benzene rings is 1. The number of hydrogen-bond donors (Lipinski definition) is 1. The summed E-state index contributed by atoms with van der Waals surface area (Å²) in [5.74, 6) is 0.327. The highest BCUT2D eigenvalue weighted by Gasteiger charge is 2.36. The molecule has 1 atom stereocenters. The third-order valence-corrected chi connectivity index (χ3v) is 4.43. The van der Waals surface area contributed by atoms with E-state index in [0.29, 0.717) is 23.3 Å². The van der Waals surface area contributed by atoms with Crippen LogP contribution in [0.3, 0.4) is 0 Å². The molecule has 1 aliphatic carbocycles. The average Bonchev–Trinajstić information content (AvgIpc) is 3.05. The lowest BCUT2D eigenvalue weighted by atomic mass is 9.93. The van der Waals surface area contributed by atoms with Gasteiger partial charge in [0.05, 0.1) is 16.8 Å². The molecule has 0 fully saturated rings. The minimum absolute atomic E-state index is 0.0289. The Balaban J connectivity index is 1.67. The Bertz CT molecular complexity index is 1020. The van der Waals surface area contributed by atoms with E-state index in [1.807, 2.05) is 0 Å². The van der Waals surface area contributed by atoms with Gasteiger partial charge >= 0.3 is 6.18 Å². The number of aromatic amines is 1. The van der Waals surface area contributed by atoms with Crippen LogP contribution in [0.5, 0.6) is 5.75 Å². The van der Waals surface area contributed by atoms with E-state index in [-0.39, 0.29) is 11.5 Å². The van der Waals surface area contributed by atoms with E-state index in [1.165, 1.54) is 18.3 Å². The maximum absolute atomic E-state index is 13.1. The predicted molar refractivity (Wildman–Crippen MR) is 86.4 cm³/mol. The number of ether oxygens (including phenoxy) is 1. The van der Waals surface area contributed by atoms with Crippen LogP contribution in [0.15, 0.2) is 30.5 Å². The molecule has 0 bridgehead atoms. The van der Waals surface area contributed by atoms with Gasteiger partial charge in [-0.25, -0.2) is 0 Å². The topological polar surface area (TPSA) is 74.6 Å². The summed E-state index contributed by atoms with van der Waals surface area (Å²) < 4.78 is 45.1. The highest BCUT2D eigenvalue weighted by Crippen LogP contribution is 2.37. The molecular weight excluding hydrogens is 345 g/mol. The van der Waals surface area contributed by atoms with Crippen molar-refractivity contribution in [2.75, 3.05) is 0 Å². The Morgan fingerprint density at radius 3 is 2.88 bits per heavy atom. The van der Waals surface area contributed by atoms with Crippen LogP contribution in [0.2, 0.25) is 0 Å². The average molecular weight is 358 g/mol. The highest BCUT2D eigenvalue weighted by molar-refractivity contribution is 5.83. The lowest BCUT2D eigenvalue weighted by Crippen LogP contribution is -2.17. The highest BCUT2D eigenvalue weighted by atomic mass is 19.4. The number of aryl methyl sites for hydroxylation is 1. The van der Waals surface area contributed by atoms with E-state index in [0.717, 1.165) is 24.1 Å². The SMILES string of the molecule is N#Cc1cnc2c(c1)CCCC2Oc1ccc2[nH]nc(C(F)(F)F)c2c1. The Morgan fingerprint density at radius 1 is 1.27 bits per heavy atom. The fraction of sp³-hybridized carbons (Fsp3) is 0.278. The largest absolute Gasteiger partial charge is 0.484 e. The van der Waals surface area contributed by atoms with Crippen molar-refractivity contribution in [2.45, 2.75) is 31.5 Å². The number of nitrogens with one attached hydrogen (secondary N) is 1. The molecule has 26 heavy (non-hydrogen) atoms. The fourth-order valence-corrected chi connectivity index (χ4v) is 3.25. The van der Waals surface area contributed by atoms with E-state index >= 15 is 0 Å². The molecule has 3 aromatic rings. The Kier molecular flexibility index (Phi) is 3.80. The Morgan fingerprint density at radius 2 is 2.12 bits per heavy atom. The number of halogens is 3. The molecule has 1 aliphatic rings. The second-order valence-electron chi connectivity index (χ2n) is 6.16. The molecule has 2 heterocycles. The van der Waals surface area contributed by atoms with Crippen molar-refractivity contribution in [1.82, 2.24) is 15.2 Å². The fourth-order valence-electron chi connectivity index (χ4n) is 3.25. The van der Waals surface area contributed by atoms with Crippen LogP contribution in [-0.4, -0.2) is 15.2 Å². The second-order valence-corrected chi connectivity index (χ2v) is 6.16. The lowest BCUT2D eigenvalue weighted by Gasteiger charge is -2.25. The molecule has 0 spiro atoms. The number of aromatic nitrogens is 3. The summed E-state index contributed by atoms with van der Waals surface area (Å²) in [6.45, 7) is 0. The van der Waals surface area contributed by atoms with Crippen molar-refractivity contribution in [1.29, 1.82) is 5.26 Å². The quantitative estimate of drug-likeness (QED) is 0.741. The van der Waals surface area contributed by atoms with Gasteiger partial charge in [0, 0.05) is 11.6 Å². The van der Waals surface area contributed by atoms with E-state index in [1.54, 1.807) is 12.1 Å². The van der Waals surface area contributed by atoms with Crippen LogP contribution in [-0.2, 0) is 12.6 Å². The number of alkyl halides is 3. The molecule has 1 unspecified atom stereocenters. The molecule has 132 valence electrons. The first-order chi connectivity index (χ1) is 12.5. The summed E-state index contributed by atoms with van der Waals surface area (Å²) in [7, 11) is 0. The first kappa shape index (κ1) is 16.4. The third-order valence-electron chi connectivity index (χ3n) is 4.43. The predicted octanol–water partition coefficient (Wildman–Crippen LogP) is 4.30. The van der Waals surface area contributed by atoms with Gasteiger partial charge in [-0.05, 0) is 49.1 Å². The zero-order valence-electron chi connectivity index (χ0n) is 13.5. The van der Waals surface area contributed by atoms with Gasteiger partial charge in [-0.15, -0.1) is 0 Å². The molecule has 2 aromatic heterocycles. The van der Waals surface area contributed by atoms with Gasteiger partial charge in [-0.2, -0.15) is 23.5 Å². The Hall–Kier alpha value is -3.08. The molecule has 0 radical (unpaired) electrons. The van der Waals surface area contributed by atoms with Gasteiger partial charge < -0.3 is 4.74 Å². The monoisotopic (exact) mass is 358 g/mol. The molecule has 0 saturated carbocycles. The van der Waals surface area contributed by atoms with Gasteiger partial charge in [0.25, 0.3) is 0 Å². The normalized spacial score (nSPS) is 16.9. The zero-order chi connectivity index (χ0) is 18.3. The number of nitrogens with zero attached hydrogens (tertiary/aromatic N) is 3. The van der Waals surface area contributed by atoms with Crippen LogP contribution in [0.1, 0.15) is 41.5 Å². The van der Waals surface area contributed by atoms with Crippen molar-refractivity contribution >= 4 is 10.9 Å². The van der Waals surface area contributed by atoms with Crippen molar-refractivity contribution in [3.8, 4) is 11.8 Å². The van der Waals surface area contributed by atoms with Crippen LogP contribution < -0.4 is 4.74 Å². The van der Waals surface area contributed by atoms with Gasteiger partial charge in [-0.1, -0.05) is 0 Å². The summed E-state index contributed by atoms with van der Waals surface area (Å²) >= 11 is 0. The van der Waals surface area contributed by atoms with Crippen molar-refractivity contribution in [3.05, 3.63) is 53.0 Å². The van der Waals surface area contributed by atoms with E-state index in [2.05, 4.69) is 21.3 Å². The third kappa shape index (κ3) is 2.86. The number of fused-ring (bicyclic) bond motifs is 2. The maximum atomic E-state index is 13.1. The Labute approximate surface area is 146 Å². The van der Waals surface area contributed by atoms with Crippen LogP contribution in [0, 0.1) is 11.3 Å². The summed E-state index contributed by atoms with van der Waals surface area (Å²) in [6, 6.07) is 8.32. The number of hydrogen-bond acceptors (Lipinski definition) is 4. The number of pyridine rings is 1. The number of rotatable bonds is 2. The molecular formula is C18H13F3N4O. The van der Waals surface area contributed by atoms with E-state index in [9.17, 15) is 13.2 Å². The molecule has 8 heteroatoms. The lowest BCUT2D eigenvalue weighted by molar-refractivity contribution is -0.139.